The summed E-state index contributed by atoms with van der Waals surface area (Å²) in [5.41, 5.74) is 1.32. The van der Waals surface area contributed by atoms with Crippen LogP contribution in [0.2, 0.25) is 5.02 Å². The lowest BCUT2D eigenvalue weighted by molar-refractivity contribution is 0.0950. The summed E-state index contributed by atoms with van der Waals surface area (Å²) in [6.07, 6.45) is 2.67. The zero-order valence-electron chi connectivity index (χ0n) is 14.1. The largest absolute Gasteiger partial charge is 0.348 e. The smallest absolute Gasteiger partial charge is 0.257 e. The first-order valence-electron chi connectivity index (χ1n) is 8.06. The van der Waals surface area contributed by atoms with Gasteiger partial charge < -0.3 is 10.6 Å². The summed E-state index contributed by atoms with van der Waals surface area (Å²) in [7, 11) is 0. The Morgan fingerprint density at radius 3 is 2.33 bits per heavy atom. The van der Waals surface area contributed by atoms with Crippen LogP contribution in [0.15, 0.2) is 67.0 Å². The van der Waals surface area contributed by atoms with Crippen LogP contribution in [-0.4, -0.2) is 16.8 Å². The highest BCUT2D eigenvalue weighted by molar-refractivity contribution is 6.30. The highest BCUT2D eigenvalue weighted by Crippen LogP contribution is 2.14. The number of carbonyl (C=O) groups is 2. The van der Waals surface area contributed by atoms with E-state index < -0.39 is 11.7 Å². The molecule has 0 unspecified atom stereocenters. The lowest BCUT2D eigenvalue weighted by atomic mass is 10.1. The van der Waals surface area contributed by atoms with Crippen LogP contribution in [0.3, 0.4) is 0 Å². The maximum atomic E-state index is 13.7. The van der Waals surface area contributed by atoms with Crippen LogP contribution in [0.5, 0.6) is 0 Å². The molecule has 0 saturated heterocycles. The molecule has 0 fully saturated rings. The zero-order valence-corrected chi connectivity index (χ0v) is 14.8. The van der Waals surface area contributed by atoms with E-state index in [-0.39, 0.29) is 22.7 Å². The molecule has 0 aliphatic carbocycles. The van der Waals surface area contributed by atoms with Crippen LogP contribution < -0.4 is 10.6 Å². The van der Waals surface area contributed by atoms with E-state index in [4.69, 9.17) is 11.6 Å². The molecule has 0 saturated carbocycles. The van der Waals surface area contributed by atoms with Gasteiger partial charge >= 0.3 is 0 Å². The first kappa shape index (κ1) is 18.5. The number of pyridine rings is 1. The topological polar surface area (TPSA) is 71.1 Å². The Kier molecular flexibility index (Phi) is 5.78. The first-order valence-corrected chi connectivity index (χ1v) is 8.44. The number of benzene rings is 2. The molecule has 136 valence electrons. The van der Waals surface area contributed by atoms with Gasteiger partial charge in [0.05, 0.1) is 16.8 Å². The van der Waals surface area contributed by atoms with E-state index in [1.54, 1.807) is 30.3 Å². The van der Waals surface area contributed by atoms with Crippen molar-refractivity contribution in [2.75, 3.05) is 5.32 Å². The van der Waals surface area contributed by atoms with Gasteiger partial charge in [-0.05, 0) is 35.9 Å². The fourth-order valence-corrected chi connectivity index (χ4v) is 2.46. The number of hydrogen-bond donors (Lipinski definition) is 2. The van der Waals surface area contributed by atoms with Crippen molar-refractivity contribution in [3.8, 4) is 0 Å². The Morgan fingerprint density at radius 1 is 0.963 bits per heavy atom. The number of halogens is 2. The molecule has 5 nitrogen and oxygen atoms in total. The third-order valence-electron chi connectivity index (χ3n) is 3.75. The molecular formula is C20H15ClFN3O2. The minimum Gasteiger partial charge on any atom is -0.348 e. The Bertz CT molecular complexity index is 977. The van der Waals surface area contributed by atoms with Gasteiger partial charge in [0.25, 0.3) is 11.8 Å². The van der Waals surface area contributed by atoms with Gasteiger partial charge in [0, 0.05) is 24.0 Å². The Morgan fingerprint density at radius 2 is 1.63 bits per heavy atom. The predicted octanol–water partition coefficient (Wildman–Crippen LogP) is 4.06. The number of nitrogens with one attached hydrogen (secondary N) is 2. The Labute approximate surface area is 160 Å². The van der Waals surface area contributed by atoms with Crippen molar-refractivity contribution in [1.82, 2.24) is 10.3 Å². The molecule has 2 N–H and O–H groups in total. The number of nitrogens with zero attached hydrogens (tertiary/aromatic N) is 1. The van der Waals surface area contributed by atoms with E-state index >= 15 is 0 Å². The molecule has 2 aromatic carbocycles. The van der Waals surface area contributed by atoms with E-state index in [1.165, 1.54) is 36.7 Å². The molecule has 3 rings (SSSR count). The quantitative estimate of drug-likeness (QED) is 0.698. The fraction of sp³-hybridized carbons (Fsp3) is 0.0500. The van der Waals surface area contributed by atoms with Crippen molar-refractivity contribution in [1.29, 1.82) is 0 Å². The maximum Gasteiger partial charge on any atom is 0.257 e. The molecule has 27 heavy (non-hydrogen) atoms. The van der Waals surface area contributed by atoms with Gasteiger partial charge in [0.1, 0.15) is 5.82 Å². The van der Waals surface area contributed by atoms with Gasteiger partial charge in [-0.3, -0.25) is 14.6 Å². The molecule has 0 bridgehead atoms. The molecule has 0 radical (unpaired) electrons. The van der Waals surface area contributed by atoms with E-state index in [1.807, 2.05) is 0 Å². The van der Waals surface area contributed by atoms with Crippen LogP contribution in [0.25, 0.3) is 0 Å². The minimum atomic E-state index is -0.556. The number of hydrogen-bond acceptors (Lipinski definition) is 3. The second kappa shape index (κ2) is 8.42. The predicted molar refractivity (Wildman–Crippen MR) is 101 cm³/mol. The normalized spacial score (nSPS) is 10.3. The number of para-hydroxylation sites is 1. The molecular weight excluding hydrogens is 369 g/mol. The third-order valence-corrected chi connectivity index (χ3v) is 4.00. The molecule has 0 aliphatic rings. The average molecular weight is 384 g/mol. The van der Waals surface area contributed by atoms with Gasteiger partial charge in [-0.25, -0.2) is 4.39 Å². The van der Waals surface area contributed by atoms with Crippen molar-refractivity contribution >= 4 is 29.1 Å². The van der Waals surface area contributed by atoms with Crippen LogP contribution in [0.4, 0.5) is 10.1 Å². The van der Waals surface area contributed by atoms with Gasteiger partial charge in [0.2, 0.25) is 0 Å². The fourth-order valence-electron chi connectivity index (χ4n) is 2.33. The molecule has 0 spiro atoms. The number of carbonyl (C=O) groups excluding carboxylic acids is 2. The number of amides is 2. The number of aromatic nitrogens is 1. The summed E-state index contributed by atoms with van der Waals surface area (Å²) >= 11 is 5.83. The van der Waals surface area contributed by atoms with Crippen LogP contribution in [-0.2, 0) is 6.54 Å². The summed E-state index contributed by atoms with van der Waals surface area (Å²) in [4.78, 5) is 28.5. The van der Waals surface area contributed by atoms with E-state index in [0.29, 0.717) is 11.6 Å². The van der Waals surface area contributed by atoms with Crippen molar-refractivity contribution in [3.05, 3.63) is 94.5 Å². The highest BCUT2D eigenvalue weighted by atomic mass is 35.5. The van der Waals surface area contributed by atoms with Gasteiger partial charge in [-0.1, -0.05) is 35.9 Å². The van der Waals surface area contributed by atoms with Crippen molar-refractivity contribution in [2.24, 2.45) is 0 Å². The van der Waals surface area contributed by atoms with Gasteiger partial charge in [-0.2, -0.15) is 0 Å². The highest BCUT2D eigenvalue weighted by Gasteiger charge is 2.13. The molecule has 7 heteroatoms. The van der Waals surface area contributed by atoms with Crippen LogP contribution in [0, 0.1) is 5.82 Å². The zero-order chi connectivity index (χ0) is 19.2. The second-order valence-electron chi connectivity index (χ2n) is 5.71. The monoisotopic (exact) mass is 383 g/mol. The SMILES string of the molecule is O=C(NCc1ccc(Cl)cc1)c1cncc(C(=O)Nc2ccccc2F)c1. The first-order chi connectivity index (χ1) is 13.0. The van der Waals surface area contributed by atoms with Crippen LogP contribution >= 0.6 is 11.6 Å². The van der Waals surface area contributed by atoms with Gasteiger partial charge in [0.15, 0.2) is 0 Å². The summed E-state index contributed by atoms with van der Waals surface area (Å²) in [5.74, 6) is -1.48. The Balaban J connectivity index is 1.67. The van der Waals surface area contributed by atoms with Crippen molar-refractivity contribution < 1.29 is 14.0 Å². The van der Waals surface area contributed by atoms with E-state index in [0.717, 1.165) is 5.56 Å². The lowest BCUT2D eigenvalue weighted by Crippen LogP contribution is -2.23. The molecule has 0 aliphatic heterocycles. The summed E-state index contributed by atoms with van der Waals surface area (Å²) in [6.45, 7) is 0.307. The van der Waals surface area contributed by atoms with Crippen LogP contribution in [0.1, 0.15) is 26.3 Å². The maximum absolute atomic E-state index is 13.7. The van der Waals surface area contributed by atoms with Crippen molar-refractivity contribution in [2.45, 2.75) is 6.54 Å². The summed E-state index contributed by atoms with van der Waals surface area (Å²) in [5, 5.41) is 5.82. The molecule has 1 aromatic heterocycles. The average Bonchev–Trinajstić information content (AvgIpc) is 2.69. The molecule has 2 amide bonds. The molecule has 0 atom stereocenters. The standard InChI is InChI=1S/C20H15ClFN3O2/c21-16-7-5-13(6-8-16)10-24-19(26)14-9-15(12-23-11-14)20(27)25-18-4-2-1-3-17(18)22/h1-9,11-12H,10H2,(H,24,26)(H,25,27). The molecule has 3 aromatic rings. The third kappa shape index (κ3) is 4.89. The number of anilines is 1. The Hall–Kier alpha value is -3.25. The lowest BCUT2D eigenvalue weighted by Gasteiger charge is -2.08. The number of rotatable bonds is 5. The van der Waals surface area contributed by atoms with Gasteiger partial charge in [-0.15, -0.1) is 0 Å². The summed E-state index contributed by atoms with van der Waals surface area (Å²) < 4.78 is 13.7. The van der Waals surface area contributed by atoms with E-state index in [9.17, 15) is 14.0 Å². The second-order valence-corrected chi connectivity index (χ2v) is 6.14. The molecule has 1 heterocycles. The minimum absolute atomic E-state index is 0.0556. The summed E-state index contributed by atoms with van der Waals surface area (Å²) in [6, 6.07) is 14.3. The van der Waals surface area contributed by atoms with Crippen molar-refractivity contribution in [3.63, 3.8) is 0 Å². The van der Waals surface area contributed by atoms with E-state index in [2.05, 4.69) is 15.6 Å².